The molecule has 0 aliphatic carbocycles. The maximum Gasteiger partial charge on any atom is 0.214 e. The van der Waals surface area contributed by atoms with Crippen molar-refractivity contribution in [3.63, 3.8) is 0 Å². The molecule has 1 N–H and O–H groups in total. The van der Waals surface area contributed by atoms with E-state index in [-0.39, 0.29) is 18.2 Å². The average Bonchev–Trinajstić information content (AvgIpc) is 2.19. The highest BCUT2D eigenvalue weighted by Gasteiger charge is 2.26. The predicted octanol–water partition coefficient (Wildman–Crippen LogP) is -0.00152. The molecule has 1 fully saturated rings. The lowest BCUT2D eigenvalue weighted by Gasteiger charge is -2.22. The molecule has 5 nitrogen and oxygen atoms in total. The molecule has 0 spiro atoms. The third-order valence-corrected chi connectivity index (χ3v) is 4.10. The molecule has 0 aromatic heterocycles. The van der Waals surface area contributed by atoms with Crippen LogP contribution in [0.1, 0.15) is 19.3 Å². The van der Waals surface area contributed by atoms with E-state index in [0.29, 0.717) is 26.1 Å². The van der Waals surface area contributed by atoms with Crippen molar-refractivity contribution in [2.45, 2.75) is 24.5 Å². The molecule has 1 saturated heterocycles. The maximum absolute atomic E-state index is 11.6. The van der Waals surface area contributed by atoms with E-state index in [9.17, 15) is 8.42 Å². The summed E-state index contributed by atoms with van der Waals surface area (Å²) in [5, 5.41) is 7.92. The van der Waals surface area contributed by atoms with Crippen molar-refractivity contribution in [3.8, 4) is 6.07 Å². The standard InChI is InChI=1S/C8H14N2O3S/c9-4-1-5-10-14(11,12)8-2-6-13-7-3-8/h8,10H,1-3,5-7H2. The Morgan fingerprint density at radius 1 is 1.43 bits per heavy atom. The Balaban J connectivity index is 2.43. The Bertz CT molecular complexity index is 301. The van der Waals surface area contributed by atoms with Gasteiger partial charge >= 0.3 is 0 Å². The molecule has 0 aromatic carbocycles. The summed E-state index contributed by atoms with van der Waals surface area (Å²) in [6.45, 7) is 1.21. The van der Waals surface area contributed by atoms with Crippen LogP contribution in [-0.4, -0.2) is 33.4 Å². The normalized spacial score (nSPS) is 19.1. The fourth-order valence-electron chi connectivity index (χ4n) is 1.35. The second-order valence-corrected chi connectivity index (χ2v) is 5.20. The molecule has 0 amide bonds. The van der Waals surface area contributed by atoms with Crippen molar-refractivity contribution in [1.29, 1.82) is 5.26 Å². The second kappa shape index (κ2) is 5.29. The molecule has 1 aliphatic heterocycles. The lowest BCUT2D eigenvalue weighted by molar-refractivity contribution is 0.0981. The highest BCUT2D eigenvalue weighted by molar-refractivity contribution is 7.90. The maximum atomic E-state index is 11.6. The number of nitrogens with zero attached hydrogens (tertiary/aromatic N) is 1. The number of ether oxygens (including phenoxy) is 1. The van der Waals surface area contributed by atoms with E-state index >= 15 is 0 Å². The fourth-order valence-corrected chi connectivity index (χ4v) is 2.79. The molecule has 1 heterocycles. The molecule has 0 unspecified atom stereocenters. The van der Waals surface area contributed by atoms with Crippen LogP contribution in [0, 0.1) is 11.3 Å². The number of hydrogen-bond acceptors (Lipinski definition) is 4. The SMILES string of the molecule is N#CCCNS(=O)(=O)C1CCOCC1. The van der Waals surface area contributed by atoms with Gasteiger partial charge in [0.2, 0.25) is 10.0 Å². The van der Waals surface area contributed by atoms with Gasteiger partial charge in [0.25, 0.3) is 0 Å². The van der Waals surface area contributed by atoms with E-state index in [2.05, 4.69) is 4.72 Å². The molecule has 80 valence electrons. The summed E-state index contributed by atoms with van der Waals surface area (Å²) in [4.78, 5) is 0. The predicted molar refractivity (Wildman–Crippen MR) is 51.0 cm³/mol. The molecule has 0 saturated carbocycles. The van der Waals surface area contributed by atoms with Crippen LogP contribution in [-0.2, 0) is 14.8 Å². The van der Waals surface area contributed by atoms with Gasteiger partial charge in [-0.3, -0.25) is 0 Å². The van der Waals surface area contributed by atoms with Crippen LogP contribution in [0.2, 0.25) is 0 Å². The molecule has 14 heavy (non-hydrogen) atoms. The minimum Gasteiger partial charge on any atom is -0.381 e. The van der Waals surface area contributed by atoms with Gasteiger partial charge in [0, 0.05) is 26.2 Å². The molecule has 0 radical (unpaired) electrons. The zero-order valence-corrected chi connectivity index (χ0v) is 8.72. The van der Waals surface area contributed by atoms with Gasteiger partial charge in [-0.1, -0.05) is 0 Å². The molecule has 6 heteroatoms. The Kier molecular flexibility index (Phi) is 4.32. The molecule has 1 aliphatic rings. The van der Waals surface area contributed by atoms with Crippen molar-refractivity contribution in [3.05, 3.63) is 0 Å². The highest BCUT2D eigenvalue weighted by atomic mass is 32.2. The van der Waals surface area contributed by atoms with Gasteiger partial charge in [-0.2, -0.15) is 5.26 Å². The monoisotopic (exact) mass is 218 g/mol. The van der Waals surface area contributed by atoms with Crippen LogP contribution in [0.15, 0.2) is 0 Å². The molecule has 1 rings (SSSR count). The van der Waals surface area contributed by atoms with Crippen LogP contribution >= 0.6 is 0 Å². The van der Waals surface area contributed by atoms with E-state index in [0.717, 1.165) is 0 Å². The van der Waals surface area contributed by atoms with Crippen molar-refractivity contribution in [2.75, 3.05) is 19.8 Å². The minimum atomic E-state index is -3.24. The summed E-state index contributed by atoms with van der Waals surface area (Å²) in [5.74, 6) is 0. The largest absolute Gasteiger partial charge is 0.381 e. The number of rotatable bonds is 4. The van der Waals surface area contributed by atoms with Gasteiger partial charge in [-0.25, -0.2) is 13.1 Å². The quantitative estimate of drug-likeness (QED) is 0.673. The Hall–Kier alpha value is -0.640. The summed E-state index contributed by atoms with van der Waals surface area (Å²) in [6.07, 6.45) is 1.30. The first-order valence-electron chi connectivity index (χ1n) is 4.60. The summed E-state index contributed by atoms with van der Waals surface area (Å²) in [6, 6.07) is 1.89. The van der Waals surface area contributed by atoms with E-state index in [1.54, 1.807) is 0 Å². The Labute approximate surface area is 84.1 Å². The molecule has 0 atom stereocenters. The van der Waals surface area contributed by atoms with E-state index in [1.165, 1.54) is 0 Å². The number of hydrogen-bond donors (Lipinski definition) is 1. The van der Waals surface area contributed by atoms with Crippen LogP contribution in [0.5, 0.6) is 0 Å². The van der Waals surface area contributed by atoms with Crippen LogP contribution in [0.4, 0.5) is 0 Å². The van der Waals surface area contributed by atoms with Gasteiger partial charge in [0.05, 0.1) is 11.3 Å². The topological polar surface area (TPSA) is 79.2 Å². The average molecular weight is 218 g/mol. The number of sulfonamides is 1. The van der Waals surface area contributed by atoms with Gasteiger partial charge < -0.3 is 4.74 Å². The zero-order valence-electron chi connectivity index (χ0n) is 7.90. The second-order valence-electron chi connectivity index (χ2n) is 3.16. The van der Waals surface area contributed by atoms with E-state index < -0.39 is 10.0 Å². The number of nitrogens with one attached hydrogen (secondary N) is 1. The van der Waals surface area contributed by atoms with E-state index in [4.69, 9.17) is 10.00 Å². The van der Waals surface area contributed by atoms with Crippen molar-refractivity contribution >= 4 is 10.0 Å². The fraction of sp³-hybridized carbons (Fsp3) is 0.875. The van der Waals surface area contributed by atoms with Gasteiger partial charge in [0.1, 0.15) is 0 Å². The van der Waals surface area contributed by atoms with Crippen molar-refractivity contribution in [1.82, 2.24) is 4.72 Å². The Morgan fingerprint density at radius 3 is 2.64 bits per heavy atom. The lowest BCUT2D eigenvalue weighted by atomic mass is 10.2. The van der Waals surface area contributed by atoms with Gasteiger partial charge in [-0.15, -0.1) is 0 Å². The summed E-state index contributed by atoms with van der Waals surface area (Å²) in [7, 11) is -3.24. The zero-order chi connectivity index (χ0) is 10.4. The summed E-state index contributed by atoms with van der Waals surface area (Å²) in [5.41, 5.74) is 0. The molecule has 0 bridgehead atoms. The van der Waals surface area contributed by atoms with Gasteiger partial charge in [-0.05, 0) is 12.8 Å². The third-order valence-electron chi connectivity index (χ3n) is 2.15. The molecule has 0 aromatic rings. The van der Waals surface area contributed by atoms with Crippen LogP contribution in [0.25, 0.3) is 0 Å². The smallest absolute Gasteiger partial charge is 0.214 e. The highest BCUT2D eigenvalue weighted by Crippen LogP contribution is 2.14. The summed E-state index contributed by atoms with van der Waals surface area (Å²) >= 11 is 0. The molecular formula is C8H14N2O3S. The first-order chi connectivity index (χ1) is 6.67. The van der Waals surface area contributed by atoms with Crippen LogP contribution in [0.3, 0.4) is 0 Å². The third kappa shape index (κ3) is 3.25. The van der Waals surface area contributed by atoms with Crippen molar-refractivity contribution in [2.24, 2.45) is 0 Å². The Morgan fingerprint density at radius 2 is 2.07 bits per heavy atom. The number of nitriles is 1. The minimum absolute atomic E-state index is 0.205. The molecular weight excluding hydrogens is 204 g/mol. The van der Waals surface area contributed by atoms with Crippen LogP contribution < -0.4 is 4.72 Å². The summed E-state index contributed by atoms with van der Waals surface area (Å²) < 4.78 is 30.7. The lowest BCUT2D eigenvalue weighted by Crippen LogP contribution is -2.38. The van der Waals surface area contributed by atoms with E-state index in [1.807, 2.05) is 6.07 Å². The first kappa shape index (κ1) is 11.4. The van der Waals surface area contributed by atoms with Gasteiger partial charge in [0.15, 0.2) is 0 Å². The first-order valence-corrected chi connectivity index (χ1v) is 6.14. The van der Waals surface area contributed by atoms with Crippen molar-refractivity contribution < 1.29 is 13.2 Å².